The third-order valence-electron chi connectivity index (χ3n) is 6.56. The van der Waals surface area contributed by atoms with Crippen LogP contribution < -0.4 is 0 Å². The minimum Gasteiger partial charge on any atom is -0.481 e. The summed E-state index contributed by atoms with van der Waals surface area (Å²) in [7, 11) is 0. The molecule has 1 heterocycles. The third-order valence-corrected chi connectivity index (χ3v) is 6.56. The average molecular weight is 434 g/mol. The number of benzene rings is 2. The number of nitrogens with zero attached hydrogens (tertiary/aromatic N) is 1. The first-order valence-corrected chi connectivity index (χ1v) is 11.7. The molecule has 1 aliphatic carbocycles. The summed E-state index contributed by atoms with van der Waals surface area (Å²) < 4.78 is 6.13. The standard InChI is InChI=1S/C27H31NO4/c29-27(30)21(12-8-7-11-19-9-3-1-4-10-19)17-24(28-31)20-15-16-23-22-13-5-2-6-14-25(22)32-26(23)18-20/h1,3-4,9-10,15-16,18,21,31H,2,5-8,11-14,17H2,(H,29,30)/t21-/m1/s1. The van der Waals surface area contributed by atoms with Gasteiger partial charge in [0.25, 0.3) is 0 Å². The highest BCUT2D eigenvalue weighted by Gasteiger charge is 2.22. The predicted octanol–water partition coefficient (Wildman–Crippen LogP) is 6.38. The molecule has 4 rings (SSSR count). The molecule has 0 unspecified atom stereocenters. The summed E-state index contributed by atoms with van der Waals surface area (Å²) in [5, 5.41) is 24.0. The van der Waals surface area contributed by atoms with Crippen molar-refractivity contribution in [2.45, 2.75) is 64.2 Å². The fourth-order valence-electron chi connectivity index (χ4n) is 4.75. The summed E-state index contributed by atoms with van der Waals surface area (Å²) in [5.74, 6) is -0.365. The number of rotatable bonds is 9. The number of fused-ring (bicyclic) bond motifs is 3. The van der Waals surface area contributed by atoms with Crippen LogP contribution in [0.2, 0.25) is 0 Å². The van der Waals surface area contributed by atoms with Gasteiger partial charge in [-0.15, -0.1) is 0 Å². The van der Waals surface area contributed by atoms with E-state index in [0.29, 0.717) is 12.1 Å². The van der Waals surface area contributed by atoms with E-state index in [-0.39, 0.29) is 6.42 Å². The molecule has 0 bridgehead atoms. The fourth-order valence-corrected chi connectivity index (χ4v) is 4.75. The summed E-state index contributed by atoms with van der Waals surface area (Å²) in [6.07, 6.45) is 8.99. The highest BCUT2D eigenvalue weighted by molar-refractivity contribution is 6.04. The number of oxime groups is 1. The van der Waals surface area contributed by atoms with Crippen molar-refractivity contribution in [3.8, 4) is 0 Å². The second kappa shape index (κ2) is 10.5. The van der Waals surface area contributed by atoms with Crippen LogP contribution in [0.1, 0.15) is 67.4 Å². The van der Waals surface area contributed by atoms with Crippen LogP contribution in [0.3, 0.4) is 0 Å². The lowest BCUT2D eigenvalue weighted by atomic mass is 9.92. The summed E-state index contributed by atoms with van der Waals surface area (Å²) in [5.41, 5.74) is 4.48. The van der Waals surface area contributed by atoms with Crippen LogP contribution in [0.15, 0.2) is 58.1 Å². The quantitative estimate of drug-likeness (QED) is 0.135. The number of furan rings is 1. The van der Waals surface area contributed by atoms with Crippen LogP contribution >= 0.6 is 0 Å². The van der Waals surface area contributed by atoms with E-state index in [2.05, 4.69) is 17.3 Å². The molecule has 3 aromatic rings. The Bertz CT molecular complexity index is 1080. The Balaban J connectivity index is 1.42. The summed E-state index contributed by atoms with van der Waals surface area (Å²) in [4.78, 5) is 11.9. The van der Waals surface area contributed by atoms with Gasteiger partial charge in [0, 0.05) is 29.4 Å². The van der Waals surface area contributed by atoms with E-state index in [4.69, 9.17) is 4.42 Å². The SMILES string of the molecule is O=C(O)[C@H](CCCCc1ccccc1)CC(=NO)c1ccc2c3c(oc2c1)CCCCC3. The zero-order valence-corrected chi connectivity index (χ0v) is 18.4. The number of carboxylic acids is 1. The molecule has 5 nitrogen and oxygen atoms in total. The number of unbranched alkanes of at least 4 members (excludes halogenated alkanes) is 1. The molecule has 0 fully saturated rings. The first-order valence-electron chi connectivity index (χ1n) is 11.7. The number of aryl methyl sites for hydroxylation is 3. The van der Waals surface area contributed by atoms with E-state index in [9.17, 15) is 15.1 Å². The number of hydrogen-bond acceptors (Lipinski definition) is 4. The third kappa shape index (κ3) is 5.21. The Labute approximate surface area is 188 Å². The molecular formula is C27H31NO4. The van der Waals surface area contributed by atoms with E-state index in [1.165, 1.54) is 24.0 Å². The number of carboxylic acid groups (broad SMARTS) is 1. The molecule has 0 spiro atoms. The van der Waals surface area contributed by atoms with Gasteiger partial charge >= 0.3 is 5.97 Å². The molecular weight excluding hydrogens is 402 g/mol. The topological polar surface area (TPSA) is 83.0 Å². The lowest BCUT2D eigenvalue weighted by molar-refractivity contribution is -0.141. The number of carbonyl (C=O) groups is 1. The van der Waals surface area contributed by atoms with Gasteiger partial charge in [-0.1, -0.05) is 60.5 Å². The van der Waals surface area contributed by atoms with Gasteiger partial charge in [0.05, 0.1) is 11.6 Å². The van der Waals surface area contributed by atoms with Gasteiger partial charge in [0.2, 0.25) is 0 Å². The summed E-state index contributed by atoms with van der Waals surface area (Å²) >= 11 is 0. The van der Waals surface area contributed by atoms with Crippen LogP contribution in [0.5, 0.6) is 0 Å². The van der Waals surface area contributed by atoms with Crippen LogP contribution in [-0.2, 0) is 24.1 Å². The van der Waals surface area contributed by atoms with Gasteiger partial charge in [0.1, 0.15) is 11.3 Å². The van der Waals surface area contributed by atoms with Crippen molar-refractivity contribution in [1.29, 1.82) is 0 Å². The van der Waals surface area contributed by atoms with Gasteiger partial charge in [-0.2, -0.15) is 0 Å². The summed E-state index contributed by atoms with van der Waals surface area (Å²) in [6.45, 7) is 0. The van der Waals surface area contributed by atoms with Crippen molar-refractivity contribution in [2.24, 2.45) is 11.1 Å². The zero-order chi connectivity index (χ0) is 22.3. The van der Waals surface area contributed by atoms with Gasteiger partial charge in [-0.25, -0.2) is 0 Å². The van der Waals surface area contributed by atoms with E-state index in [1.54, 1.807) is 0 Å². The normalized spacial score (nSPS) is 15.3. The van der Waals surface area contributed by atoms with Crippen molar-refractivity contribution >= 4 is 22.7 Å². The molecule has 1 atom stereocenters. The van der Waals surface area contributed by atoms with Crippen molar-refractivity contribution in [2.75, 3.05) is 0 Å². The maximum atomic E-state index is 11.9. The van der Waals surface area contributed by atoms with E-state index in [1.807, 2.05) is 36.4 Å². The number of aliphatic carboxylic acids is 1. The van der Waals surface area contributed by atoms with Crippen LogP contribution in [0, 0.1) is 5.92 Å². The molecule has 32 heavy (non-hydrogen) atoms. The predicted molar refractivity (Wildman–Crippen MR) is 126 cm³/mol. The Morgan fingerprint density at radius 2 is 1.84 bits per heavy atom. The zero-order valence-electron chi connectivity index (χ0n) is 18.4. The molecule has 2 aromatic carbocycles. The Hall–Kier alpha value is -3.08. The average Bonchev–Trinajstić information content (AvgIpc) is 2.98. The Kier molecular flexibility index (Phi) is 7.25. The largest absolute Gasteiger partial charge is 0.481 e. The van der Waals surface area contributed by atoms with Gasteiger partial charge in [-0.3, -0.25) is 4.79 Å². The second-order valence-electron chi connectivity index (χ2n) is 8.79. The van der Waals surface area contributed by atoms with Gasteiger partial charge in [0.15, 0.2) is 0 Å². The second-order valence-corrected chi connectivity index (χ2v) is 8.79. The fraction of sp³-hybridized carbons (Fsp3) is 0.407. The van der Waals surface area contributed by atoms with Crippen molar-refractivity contribution in [3.63, 3.8) is 0 Å². The lowest BCUT2D eigenvalue weighted by Gasteiger charge is -2.13. The maximum absolute atomic E-state index is 11.9. The molecule has 5 heteroatoms. The summed E-state index contributed by atoms with van der Waals surface area (Å²) in [6, 6.07) is 16.1. The Morgan fingerprint density at radius 1 is 1.03 bits per heavy atom. The van der Waals surface area contributed by atoms with Crippen LogP contribution in [0.25, 0.3) is 11.0 Å². The van der Waals surface area contributed by atoms with Crippen molar-refractivity contribution in [3.05, 3.63) is 71.0 Å². The smallest absolute Gasteiger partial charge is 0.306 e. The molecule has 1 aliphatic rings. The highest BCUT2D eigenvalue weighted by atomic mass is 16.4. The van der Waals surface area contributed by atoms with Gasteiger partial charge in [-0.05, 0) is 50.2 Å². The number of hydrogen-bond donors (Lipinski definition) is 2. The minimum atomic E-state index is -0.850. The molecule has 0 aliphatic heterocycles. The lowest BCUT2D eigenvalue weighted by Crippen LogP contribution is -2.19. The monoisotopic (exact) mass is 433 g/mol. The first kappa shape index (κ1) is 22.1. The highest BCUT2D eigenvalue weighted by Crippen LogP contribution is 2.32. The molecule has 0 radical (unpaired) electrons. The molecule has 0 saturated heterocycles. The van der Waals surface area contributed by atoms with E-state index >= 15 is 0 Å². The van der Waals surface area contributed by atoms with E-state index in [0.717, 1.165) is 60.8 Å². The molecule has 168 valence electrons. The molecule has 0 amide bonds. The van der Waals surface area contributed by atoms with Crippen LogP contribution in [0.4, 0.5) is 0 Å². The molecule has 0 saturated carbocycles. The molecule has 2 N–H and O–H groups in total. The Morgan fingerprint density at radius 3 is 2.62 bits per heavy atom. The molecule has 1 aromatic heterocycles. The van der Waals surface area contributed by atoms with Crippen molar-refractivity contribution < 1.29 is 19.5 Å². The maximum Gasteiger partial charge on any atom is 0.306 e. The van der Waals surface area contributed by atoms with Gasteiger partial charge < -0.3 is 14.7 Å². The van der Waals surface area contributed by atoms with Crippen molar-refractivity contribution in [1.82, 2.24) is 0 Å². The van der Waals surface area contributed by atoms with E-state index < -0.39 is 11.9 Å². The minimum absolute atomic E-state index is 0.198. The first-order chi connectivity index (χ1) is 15.7. The van der Waals surface area contributed by atoms with Crippen LogP contribution in [-0.4, -0.2) is 22.0 Å².